The van der Waals surface area contributed by atoms with Gasteiger partial charge in [0.25, 0.3) is 0 Å². The van der Waals surface area contributed by atoms with Gasteiger partial charge in [0.1, 0.15) is 11.4 Å². The second-order valence-electron chi connectivity index (χ2n) is 4.66. The van der Waals surface area contributed by atoms with Gasteiger partial charge in [-0.15, -0.1) is 10.2 Å². The van der Waals surface area contributed by atoms with Crippen LogP contribution in [0.25, 0.3) is 0 Å². The Morgan fingerprint density at radius 3 is 1.88 bits per heavy atom. The molecule has 0 amide bonds. The van der Waals surface area contributed by atoms with Gasteiger partial charge in [-0.2, -0.15) is 26.3 Å². The van der Waals surface area contributed by atoms with Crippen LogP contribution < -0.4 is 0 Å². The van der Waals surface area contributed by atoms with Crippen LogP contribution in [0.2, 0.25) is 0 Å². The minimum absolute atomic E-state index is 0.779. The number of benzene rings is 1. The highest BCUT2D eigenvalue weighted by molar-refractivity contribution is 5.49. The fraction of sp³-hybridized carbons (Fsp3) is 0.333. The van der Waals surface area contributed by atoms with Crippen LogP contribution in [0.1, 0.15) is 0 Å². The van der Waals surface area contributed by atoms with E-state index in [9.17, 15) is 44.6 Å². The van der Waals surface area contributed by atoms with Gasteiger partial charge < -0.3 is 5.11 Å². The second-order valence-corrected chi connectivity index (χ2v) is 4.66. The van der Waals surface area contributed by atoms with Gasteiger partial charge in [0.2, 0.25) is 11.7 Å². The van der Waals surface area contributed by atoms with Crippen molar-refractivity contribution in [2.45, 2.75) is 23.6 Å². The Kier molecular flexibility index (Phi) is 3.85. The average molecular weight is 364 g/mol. The molecule has 1 aromatic carbocycles. The predicted octanol–water partition coefficient (Wildman–Crippen LogP) is 5.21. The van der Waals surface area contributed by atoms with Crippen LogP contribution in [0.5, 0.6) is 5.75 Å². The SMILES string of the molecule is Oc1ccccc1N=NC1(F)C(F)=C(F)C(F)(F)C(F)(F)C1(F)F. The van der Waals surface area contributed by atoms with E-state index in [1.165, 1.54) is 6.07 Å². The Labute approximate surface area is 127 Å². The molecule has 0 spiro atoms. The summed E-state index contributed by atoms with van der Waals surface area (Å²) in [5, 5.41) is 13.8. The first kappa shape index (κ1) is 18.1. The Morgan fingerprint density at radius 2 is 1.33 bits per heavy atom. The van der Waals surface area contributed by atoms with Crippen molar-refractivity contribution < 1.29 is 44.6 Å². The summed E-state index contributed by atoms with van der Waals surface area (Å²) >= 11 is 0. The maximum absolute atomic E-state index is 14.1. The summed E-state index contributed by atoms with van der Waals surface area (Å²) in [5.41, 5.74) is -0.779. The molecule has 0 saturated heterocycles. The standard InChI is InChI=1S/C12H5F9N2O/c13-7-8(14)10(17,12(20,21)11(18,19)9(7,15)16)23-22-5-3-1-2-4-6(5)24/h1-4,24H. The number of allylic oxidation sites excluding steroid dienone is 1. The minimum atomic E-state index is -6.63. The predicted molar refractivity (Wildman–Crippen MR) is 60.5 cm³/mol. The highest BCUT2D eigenvalue weighted by Crippen LogP contribution is 2.62. The third kappa shape index (κ3) is 2.08. The van der Waals surface area contributed by atoms with E-state index in [1.54, 1.807) is 0 Å². The fourth-order valence-corrected chi connectivity index (χ4v) is 1.74. The number of hydrogen-bond donors (Lipinski definition) is 1. The quantitative estimate of drug-likeness (QED) is 0.437. The summed E-state index contributed by atoms with van der Waals surface area (Å²) < 4.78 is 120. The first-order valence-corrected chi connectivity index (χ1v) is 5.90. The highest BCUT2D eigenvalue weighted by Gasteiger charge is 2.87. The molecule has 1 N–H and O–H groups in total. The number of alkyl halides is 7. The van der Waals surface area contributed by atoms with E-state index in [0.717, 1.165) is 18.2 Å². The van der Waals surface area contributed by atoms with E-state index in [1.807, 2.05) is 5.11 Å². The van der Waals surface area contributed by atoms with Crippen molar-refractivity contribution in [2.75, 3.05) is 0 Å². The lowest BCUT2D eigenvalue weighted by molar-refractivity contribution is -0.344. The molecule has 0 bridgehead atoms. The van der Waals surface area contributed by atoms with Crippen LogP contribution in [0, 0.1) is 0 Å². The van der Waals surface area contributed by atoms with Gasteiger partial charge in [-0.25, -0.2) is 13.2 Å². The molecule has 1 atom stereocenters. The topological polar surface area (TPSA) is 45.0 Å². The molecule has 1 aliphatic carbocycles. The number of azo groups is 1. The van der Waals surface area contributed by atoms with E-state index in [0.29, 0.717) is 0 Å². The molecule has 132 valence electrons. The molecule has 0 saturated carbocycles. The first-order valence-electron chi connectivity index (χ1n) is 5.90. The van der Waals surface area contributed by atoms with Crippen LogP contribution in [-0.4, -0.2) is 28.7 Å². The number of phenolic OH excluding ortho intramolecular Hbond substituents is 1. The molecule has 1 unspecified atom stereocenters. The van der Waals surface area contributed by atoms with Crippen molar-refractivity contribution >= 4 is 5.69 Å². The molecular formula is C12H5F9N2O. The number of para-hydroxylation sites is 1. The van der Waals surface area contributed by atoms with Gasteiger partial charge in [0.15, 0.2) is 0 Å². The van der Waals surface area contributed by atoms with Crippen LogP contribution in [0.3, 0.4) is 0 Å². The fourth-order valence-electron chi connectivity index (χ4n) is 1.74. The van der Waals surface area contributed by atoms with Crippen LogP contribution in [0.4, 0.5) is 45.2 Å². The Morgan fingerprint density at radius 1 is 0.792 bits per heavy atom. The lowest BCUT2D eigenvalue weighted by Gasteiger charge is -2.40. The van der Waals surface area contributed by atoms with E-state index in [2.05, 4.69) is 5.11 Å². The monoisotopic (exact) mass is 364 g/mol. The van der Waals surface area contributed by atoms with E-state index >= 15 is 0 Å². The van der Waals surface area contributed by atoms with Gasteiger partial charge in [0, 0.05) is 0 Å². The second kappa shape index (κ2) is 5.11. The van der Waals surface area contributed by atoms with Gasteiger partial charge in [0.05, 0.1) is 0 Å². The molecule has 24 heavy (non-hydrogen) atoms. The molecule has 0 heterocycles. The van der Waals surface area contributed by atoms with Gasteiger partial charge in [-0.1, -0.05) is 12.1 Å². The zero-order chi connectivity index (χ0) is 18.6. The van der Waals surface area contributed by atoms with Crippen molar-refractivity contribution in [3.63, 3.8) is 0 Å². The lowest BCUT2D eigenvalue weighted by Crippen LogP contribution is -2.67. The van der Waals surface area contributed by atoms with E-state index < -0.39 is 46.7 Å². The minimum Gasteiger partial charge on any atom is -0.506 e. The van der Waals surface area contributed by atoms with Crippen LogP contribution in [-0.2, 0) is 0 Å². The smallest absolute Gasteiger partial charge is 0.384 e. The molecule has 2 rings (SSSR count). The van der Waals surface area contributed by atoms with Crippen LogP contribution in [0.15, 0.2) is 46.1 Å². The molecule has 3 nitrogen and oxygen atoms in total. The third-order valence-electron chi connectivity index (χ3n) is 3.14. The lowest BCUT2D eigenvalue weighted by atomic mass is 9.87. The molecular weight excluding hydrogens is 359 g/mol. The molecule has 0 fully saturated rings. The Balaban J connectivity index is 2.66. The third-order valence-corrected chi connectivity index (χ3v) is 3.14. The maximum Gasteiger partial charge on any atom is 0.384 e. The van der Waals surface area contributed by atoms with Crippen molar-refractivity contribution in [1.82, 2.24) is 0 Å². The first-order chi connectivity index (χ1) is 10.8. The summed E-state index contributed by atoms with van der Waals surface area (Å²) in [4.78, 5) is 0. The number of phenols is 1. The summed E-state index contributed by atoms with van der Waals surface area (Å²) in [5.74, 6) is -33.0. The average Bonchev–Trinajstić information content (AvgIpc) is 2.50. The van der Waals surface area contributed by atoms with Crippen molar-refractivity contribution in [2.24, 2.45) is 10.2 Å². The normalized spacial score (nSPS) is 28.4. The maximum atomic E-state index is 14.1. The Bertz CT molecular complexity index is 731. The van der Waals surface area contributed by atoms with E-state index in [4.69, 9.17) is 0 Å². The van der Waals surface area contributed by atoms with Gasteiger partial charge >= 0.3 is 23.6 Å². The summed E-state index contributed by atoms with van der Waals surface area (Å²) in [6, 6.07) is 4.04. The summed E-state index contributed by atoms with van der Waals surface area (Å²) in [7, 11) is 0. The number of nitrogens with zero attached hydrogens (tertiary/aromatic N) is 2. The van der Waals surface area contributed by atoms with E-state index in [-0.39, 0.29) is 0 Å². The van der Waals surface area contributed by atoms with Crippen molar-refractivity contribution in [1.29, 1.82) is 0 Å². The molecule has 0 aromatic heterocycles. The number of hydrogen-bond acceptors (Lipinski definition) is 3. The zero-order valence-corrected chi connectivity index (χ0v) is 11.1. The molecule has 12 heteroatoms. The number of rotatable bonds is 2. The van der Waals surface area contributed by atoms with Gasteiger partial charge in [-0.3, -0.25) is 0 Å². The van der Waals surface area contributed by atoms with Crippen molar-refractivity contribution in [3.05, 3.63) is 35.9 Å². The molecule has 0 aliphatic heterocycles. The van der Waals surface area contributed by atoms with Gasteiger partial charge in [-0.05, 0) is 12.1 Å². The molecule has 1 aliphatic rings. The molecule has 0 radical (unpaired) electrons. The zero-order valence-electron chi connectivity index (χ0n) is 11.1. The summed E-state index contributed by atoms with van der Waals surface area (Å²) in [6.07, 6.45) is 0. The number of halogens is 9. The largest absolute Gasteiger partial charge is 0.506 e. The summed E-state index contributed by atoms with van der Waals surface area (Å²) in [6.45, 7) is 0. The van der Waals surface area contributed by atoms with Crippen LogP contribution >= 0.6 is 0 Å². The Hall–Kier alpha value is -2.27. The van der Waals surface area contributed by atoms with Crippen molar-refractivity contribution in [3.8, 4) is 5.75 Å². The molecule has 1 aromatic rings. The highest BCUT2D eigenvalue weighted by atomic mass is 19.4. The number of aromatic hydroxyl groups is 1.